The van der Waals surface area contributed by atoms with Crippen LogP contribution in [0, 0.1) is 20.8 Å². The monoisotopic (exact) mass is 356 g/mol. The van der Waals surface area contributed by atoms with E-state index in [-0.39, 0.29) is 5.91 Å². The standard InChI is InChI=1S/C19H20N2OS2/c1-11-9-12(2)21-19-16(11)13(3)17(24-19)18(22)20-10-14-5-7-15(23-4)8-6-14/h5-9H,10H2,1-4H3,(H,20,22). The molecule has 3 rings (SSSR count). The van der Waals surface area contributed by atoms with Crippen molar-refractivity contribution in [3.63, 3.8) is 0 Å². The number of aromatic nitrogens is 1. The van der Waals surface area contributed by atoms with Crippen LogP contribution in [0.1, 0.15) is 32.1 Å². The summed E-state index contributed by atoms with van der Waals surface area (Å²) in [6.45, 7) is 6.60. The van der Waals surface area contributed by atoms with E-state index in [0.717, 1.165) is 31.9 Å². The van der Waals surface area contributed by atoms with E-state index in [1.165, 1.54) is 21.8 Å². The van der Waals surface area contributed by atoms with Crippen molar-refractivity contribution in [3.05, 3.63) is 57.6 Å². The van der Waals surface area contributed by atoms with Crippen LogP contribution in [0.2, 0.25) is 0 Å². The number of hydrogen-bond acceptors (Lipinski definition) is 4. The summed E-state index contributed by atoms with van der Waals surface area (Å²) in [5, 5.41) is 4.14. The van der Waals surface area contributed by atoms with Crippen LogP contribution in [0.15, 0.2) is 35.2 Å². The largest absolute Gasteiger partial charge is 0.347 e. The molecule has 0 saturated heterocycles. The lowest BCUT2D eigenvalue weighted by molar-refractivity contribution is 0.0954. The average molecular weight is 357 g/mol. The second-order valence-electron chi connectivity index (χ2n) is 5.85. The van der Waals surface area contributed by atoms with Crippen LogP contribution < -0.4 is 5.32 Å². The van der Waals surface area contributed by atoms with Gasteiger partial charge in [0, 0.05) is 22.5 Å². The third kappa shape index (κ3) is 3.32. The number of carbonyl (C=O) groups is 1. The summed E-state index contributed by atoms with van der Waals surface area (Å²) in [6, 6.07) is 10.3. The maximum Gasteiger partial charge on any atom is 0.261 e. The van der Waals surface area contributed by atoms with Crippen LogP contribution in [0.5, 0.6) is 0 Å². The highest BCUT2D eigenvalue weighted by Crippen LogP contribution is 2.32. The number of nitrogens with one attached hydrogen (secondary N) is 1. The first-order chi connectivity index (χ1) is 11.5. The molecule has 0 spiro atoms. The number of pyridine rings is 1. The SMILES string of the molecule is CSc1ccc(CNC(=O)c2sc3nc(C)cc(C)c3c2C)cc1. The van der Waals surface area contributed by atoms with Gasteiger partial charge in [0.1, 0.15) is 4.83 Å². The van der Waals surface area contributed by atoms with Gasteiger partial charge in [-0.15, -0.1) is 23.1 Å². The molecule has 0 saturated carbocycles. The predicted octanol–water partition coefficient (Wildman–Crippen LogP) is 4.87. The van der Waals surface area contributed by atoms with Crippen molar-refractivity contribution >= 4 is 39.2 Å². The Labute approximate surface area is 150 Å². The van der Waals surface area contributed by atoms with Crippen molar-refractivity contribution in [1.29, 1.82) is 0 Å². The number of benzene rings is 1. The zero-order valence-corrected chi connectivity index (χ0v) is 15.9. The second kappa shape index (κ2) is 6.95. The Morgan fingerprint density at radius 1 is 1.21 bits per heavy atom. The minimum Gasteiger partial charge on any atom is -0.347 e. The molecule has 3 aromatic rings. The van der Waals surface area contributed by atoms with E-state index in [4.69, 9.17) is 0 Å². The van der Waals surface area contributed by atoms with Crippen LogP contribution in [0.4, 0.5) is 0 Å². The molecule has 3 nitrogen and oxygen atoms in total. The molecule has 2 heterocycles. The Hall–Kier alpha value is -1.85. The second-order valence-corrected chi connectivity index (χ2v) is 7.73. The van der Waals surface area contributed by atoms with E-state index in [2.05, 4.69) is 53.8 Å². The smallest absolute Gasteiger partial charge is 0.261 e. The van der Waals surface area contributed by atoms with Crippen LogP contribution in [0.25, 0.3) is 10.2 Å². The van der Waals surface area contributed by atoms with Crippen molar-refractivity contribution in [2.75, 3.05) is 6.26 Å². The van der Waals surface area contributed by atoms with Gasteiger partial charge in [-0.1, -0.05) is 12.1 Å². The summed E-state index contributed by atoms with van der Waals surface area (Å²) >= 11 is 3.19. The van der Waals surface area contributed by atoms with E-state index < -0.39 is 0 Å². The quantitative estimate of drug-likeness (QED) is 0.678. The minimum absolute atomic E-state index is 0.0264. The van der Waals surface area contributed by atoms with Crippen LogP contribution in [0.3, 0.4) is 0 Å². The van der Waals surface area contributed by atoms with Crippen molar-refractivity contribution in [2.24, 2.45) is 0 Å². The van der Waals surface area contributed by atoms with E-state index >= 15 is 0 Å². The topological polar surface area (TPSA) is 42.0 Å². The highest BCUT2D eigenvalue weighted by Gasteiger charge is 2.17. The predicted molar refractivity (Wildman–Crippen MR) is 103 cm³/mol. The van der Waals surface area contributed by atoms with Gasteiger partial charge in [-0.2, -0.15) is 0 Å². The Bertz CT molecular complexity index is 898. The van der Waals surface area contributed by atoms with Crippen LogP contribution >= 0.6 is 23.1 Å². The number of thiophene rings is 1. The molecule has 2 aromatic heterocycles. The number of fused-ring (bicyclic) bond motifs is 1. The maximum atomic E-state index is 12.6. The fourth-order valence-corrected chi connectivity index (χ4v) is 4.47. The number of amides is 1. The average Bonchev–Trinajstić information content (AvgIpc) is 2.90. The number of hydrogen-bond donors (Lipinski definition) is 1. The van der Waals surface area contributed by atoms with Gasteiger partial charge < -0.3 is 5.32 Å². The molecule has 0 atom stereocenters. The summed E-state index contributed by atoms with van der Waals surface area (Å²) in [5.74, 6) is -0.0264. The molecule has 5 heteroatoms. The highest BCUT2D eigenvalue weighted by atomic mass is 32.2. The van der Waals surface area contributed by atoms with E-state index in [0.29, 0.717) is 6.54 Å². The maximum absolute atomic E-state index is 12.6. The molecule has 24 heavy (non-hydrogen) atoms. The molecule has 124 valence electrons. The van der Waals surface area contributed by atoms with Crippen molar-refractivity contribution in [1.82, 2.24) is 10.3 Å². The fraction of sp³-hybridized carbons (Fsp3) is 0.263. The fourth-order valence-electron chi connectivity index (χ4n) is 2.84. The van der Waals surface area contributed by atoms with E-state index in [1.54, 1.807) is 11.8 Å². The molecule has 0 radical (unpaired) electrons. The summed E-state index contributed by atoms with van der Waals surface area (Å²) in [4.78, 5) is 20.1. The van der Waals surface area contributed by atoms with Gasteiger partial charge in [0.2, 0.25) is 0 Å². The number of thioether (sulfide) groups is 1. The Kier molecular flexibility index (Phi) is 4.92. The summed E-state index contributed by atoms with van der Waals surface area (Å²) < 4.78 is 0. The first kappa shape index (κ1) is 17.0. The van der Waals surface area contributed by atoms with Gasteiger partial charge in [-0.05, 0) is 61.9 Å². The van der Waals surface area contributed by atoms with Gasteiger partial charge >= 0.3 is 0 Å². The summed E-state index contributed by atoms with van der Waals surface area (Å²) in [7, 11) is 0. The first-order valence-corrected chi connectivity index (χ1v) is 9.82. The van der Waals surface area contributed by atoms with E-state index in [9.17, 15) is 4.79 Å². The third-order valence-electron chi connectivity index (χ3n) is 4.04. The normalized spacial score (nSPS) is 11.0. The molecule has 0 unspecified atom stereocenters. The molecule has 0 fully saturated rings. The molecule has 0 aliphatic carbocycles. The summed E-state index contributed by atoms with van der Waals surface area (Å²) in [6.07, 6.45) is 2.05. The number of aryl methyl sites for hydroxylation is 3. The summed E-state index contributed by atoms with van der Waals surface area (Å²) in [5.41, 5.74) is 4.29. The van der Waals surface area contributed by atoms with Crippen molar-refractivity contribution in [2.45, 2.75) is 32.2 Å². The molecule has 0 aliphatic rings. The lowest BCUT2D eigenvalue weighted by atomic mass is 10.1. The van der Waals surface area contributed by atoms with E-state index in [1.807, 2.05) is 13.8 Å². The van der Waals surface area contributed by atoms with Gasteiger partial charge in [-0.3, -0.25) is 4.79 Å². The zero-order valence-electron chi connectivity index (χ0n) is 14.3. The third-order valence-corrected chi connectivity index (χ3v) is 5.97. The molecular formula is C19H20N2OS2. The first-order valence-electron chi connectivity index (χ1n) is 7.78. The van der Waals surface area contributed by atoms with Crippen molar-refractivity contribution < 1.29 is 4.79 Å². The molecule has 0 aliphatic heterocycles. The Morgan fingerprint density at radius 2 is 1.92 bits per heavy atom. The number of carbonyl (C=O) groups excluding carboxylic acids is 1. The van der Waals surface area contributed by atoms with Gasteiger partial charge in [0.05, 0.1) is 4.88 Å². The Balaban J connectivity index is 1.80. The molecule has 1 amide bonds. The number of nitrogens with zero attached hydrogens (tertiary/aromatic N) is 1. The minimum atomic E-state index is -0.0264. The van der Waals surface area contributed by atoms with Crippen LogP contribution in [-0.4, -0.2) is 17.1 Å². The van der Waals surface area contributed by atoms with Gasteiger partial charge in [-0.25, -0.2) is 4.98 Å². The molecule has 1 aromatic carbocycles. The van der Waals surface area contributed by atoms with Crippen LogP contribution in [-0.2, 0) is 6.54 Å². The molecule has 1 N–H and O–H groups in total. The van der Waals surface area contributed by atoms with Crippen molar-refractivity contribution in [3.8, 4) is 0 Å². The lowest BCUT2D eigenvalue weighted by Crippen LogP contribution is -2.22. The van der Waals surface area contributed by atoms with Gasteiger partial charge in [0.15, 0.2) is 0 Å². The lowest BCUT2D eigenvalue weighted by Gasteiger charge is -2.06. The van der Waals surface area contributed by atoms with Gasteiger partial charge in [0.25, 0.3) is 5.91 Å². The molecule has 0 bridgehead atoms. The number of rotatable bonds is 4. The Morgan fingerprint density at radius 3 is 2.58 bits per heavy atom. The highest BCUT2D eigenvalue weighted by molar-refractivity contribution is 7.98. The molecular weight excluding hydrogens is 336 g/mol. The zero-order chi connectivity index (χ0) is 17.3.